The minimum absolute atomic E-state index is 0.0298. The number of carbonyl (C=O) groups is 1. The summed E-state index contributed by atoms with van der Waals surface area (Å²) in [5.41, 5.74) is 4.45. The molecule has 4 heterocycles. The highest BCUT2D eigenvalue weighted by atomic mass is 19.1. The lowest BCUT2D eigenvalue weighted by atomic mass is 10.0. The van der Waals surface area contributed by atoms with Crippen LogP contribution in [0.15, 0.2) is 47.4 Å². The number of pyridine rings is 1. The summed E-state index contributed by atoms with van der Waals surface area (Å²) in [6.07, 6.45) is 4.52. The Hall–Kier alpha value is -4.18. The molecule has 10 heteroatoms. The number of amides is 1. The molecule has 0 spiro atoms. The van der Waals surface area contributed by atoms with Gasteiger partial charge in [-0.05, 0) is 86.8 Å². The average Bonchev–Trinajstić information content (AvgIpc) is 3.66. The molecule has 1 fully saturated rings. The van der Waals surface area contributed by atoms with Crippen molar-refractivity contribution in [2.24, 2.45) is 0 Å². The SMILES string of the molecule is COc1ccc(F)cc1C[C@H](C)Nc1cc[nH]c(=O)c1-c1nc2cc3c(cc2[nH]1)CN(CCN1CCCC1)C3=O. The normalized spacial score (nSPS) is 16.1. The molecule has 4 aromatic rings. The number of hydrogen-bond acceptors (Lipinski definition) is 6. The molecular weight excluding hydrogens is 511 g/mol. The first-order valence-corrected chi connectivity index (χ1v) is 13.7. The minimum Gasteiger partial charge on any atom is -0.496 e. The van der Waals surface area contributed by atoms with Crippen molar-refractivity contribution in [3.8, 4) is 17.1 Å². The number of fused-ring (bicyclic) bond motifs is 2. The molecule has 3 N–H and O–H groups in total. The van der Waals surface area contributed by atoms with Crippen molar-refractivity contribution in [2.75, 3.05) is 38.6 Å². The van der Waals surface area contributed by atoms with Crippen LogP contribution in [0.5, 0.6) is 5.75 Å². The van der Waals surface area contributed by atoms with Crippen LogP contribution < -0.4 is 15.6 Å². The third-order valence-electron chi connectivity index (χ3n) is 7.84. The fraction of sp³-hybridized carbons (Fsp3) is 0.367. The molecule has 1 amide bonds. The predicted molar refractivity (Wildman–Crippen MR) is 152 cm³/mol. The first-order chi connectivity index (χ1) is 19.4. The molecule has 0 saturated carbocycles. The number of carbonyl (C=O) groups excluding carboxylic acids is 1. The largest absolute Gasteiger partial charge is 0.496 e. The zero-order valence-corrected chi connectivity index (χ0v) is 22.7. The number of aromatic nitrogens is 3. The molecule has 2 aliphatic heterocycles. The summed E-state index contributed by atoms with van der Waals surface area (Å²) in [6.45, 7) is 6.37. The minimum atomic E-state index is -0.331. The number of likely N-dealkylation sites (tertiary alicyclic amines) is 1. The molecule has 2 aromatic carbocycles. The topological polar surface area (TPSA) is 106 Å². The highest BCUT2D eigenvalue weighted by Gasteiger charge is 2.29. The lowest BCUT2D eigenvalue weighted by Crippen LogP contribution is -2.33. The molecule has 2 aromatic heterocycles. The lowest BCUT2D eigenvalue weighted by Gasteiger charge is -2.20. The summed E-state index contributed by atoms with van der Waals surface area (Å²) in [4.78, 5) is 41.2. The molecule has 0 unspecified atom stereocenters. The van der Waals surface area contributed by atoms with E-state index < -0.39 is 0 Å². The number of nitrogens with zero attached hydrogens (tertiary/aromatic N) is 3. The standard InChI is InChI=1S/C30H33FN6O3/c1-18(13-19-14-21(31)5-6-26(19)40-2)33-23-7-8-32-29(38)27(23)28-34-24-15-20-17-37(12-11-36-9-3-4-10-36)30(39)22(20)16-25(24)35-28/h5-8,14-16,18H,3-4,9-13,17H2,1-2H3,(H,34,35)(H2,32,33,38)/t18-/m0/s1. The summed E-state index contributed by atoms with van der Waals surface area (Å²) >= 11 is 0. The number of halogens is 1. The Morgan fingerprint density at radius 1 is 1.12 bits per heavy atom. The number of anilines is 1. The van der Waals surface area contributed by atoms with E-state index in [1.54, 1.807) is 25.4 Å². The van der Waals surface area contributed by atoms with Crippen molar-refractivity contribution < 1.29 is 13.9 Å². The first-order valence-electron chi connectivity index (χ1n) is 13.7. The van der Waals surface area contributed by atoms with Crippen molar-refractivity contribution in [3.63, 3.8) is 0 Å². The van der Waals surface area contributed by atoms with E-state index in [0.29, 0.717) is 53.4 Å². The Kier molecular flexibility index (Phi) is 7.02. The summed E-state index contributed by atoms with van der Waals surface area (Å²) < 4.78 is 19.3. The second-order valence-corrected chi connectivity index (χ2v) is 10.7. The molecule has 0 aliphatic carbocycles. The number of benzene rings is 2. The molecule has 1 saturated heterocycles. The first kappa shape index (κ1) is 26.1. The summed E-state index contributed by atoms with van der Waals surface area (Å²) in [5, 5.41) is 3.39. The van der Waals surface area contributed by atoms with E-state index in [1.165, 1.54) is 25.0 Å². The summed E-state index contributed by atoms with van der Waals surface area (Å²) in [6, 6.07) is 9.87. The molecule has 208 valence electrons. The van der Waals surface area contributed by atoms with Gasteiger partial charge in [-0.25, -0.2) is 9.37 Å². The van der Waals surface area contributed by atoms with Crippen molar-refractivity contribution in [1.29, 1.82) is 0 Å². The number of rotatable bonds is 9. The number of nitrogens with one attached hydrogen (secondary N) is 3. The van der Waals surface area contributed by atoms with Gasteiger partial charge in [0.1, 0.15) is 23.0 Å². The van der Waals surface area contributed by atoms with Crippen LogP contribution >= 0.6 is 0 Å². The number of imidazole rings is 1. The van der Waals surface area contributed by atoms with Crippen LogP contribution in [0.2, 0.25) is 0 Å². The van der Waals surface area contributed by atoms with Gasteiger partial charge in [0.25, 0.3) is 11.5 Å². The Morgan fingerprint density at radius 2 is 1.95 bits per heavy atom. The van der Waals surface area contributed by atoms with Crippen LogP contribution in [0.3, 0.4) is 0 Å². The molecule has 2 aliphatic rings. The van der Waals surface area contributed by atoms with E-state index in [1.807, 2.05) is 24.0 Å². The fourth-order valence-corrected chi connectivity index (χ4v) is 5.83. The Balaban J connectivity index is 1.23. The van der Waals surface area contributed by atoms with E-state index in [0.717, 1.165) is 36.3 Å². The highest BCUT2D eigenvalue weighted by Crippen LogP contribution is 2.31. The molecule has 0 radical (unpaired) electrons. The Morgan fingerprint density at radius 3 is 2.75 bits per heavy atom. The summed E-state index contributed by atoms with van der Waals surface area (Å²) in [5.74, 6) is 0.719. The predicted octanol–water partition coefficient (Wildman–Crippen LogP) is 4.16. The molecule has 1 atom stereocenters. The maximum absolute atomic E-state index is 13.9. The smallest absolute Gasteiger partial charge is 0.261 e. The zero-order valence-electron chi connectivity index (χ0n) is 22.7. The number of hydrogen-bond donors (Lipinski definition) is 3. The van der Waals surface area contributed by atoms with Crippen LogP contribution in [0.4, 0.5) is 10.1 Å². The van der Waals surface area contributed by atoms with Crippen LogP contribution in [-0.4, -0.2) is 70.0 Å². The van der Waals surface area contributed by atoms with Gasteiger partial charge in [-0.2, -0.15) is 0 Å². The highest BCUT2D eigenvalue weighted by molar-refractivity contribution is 6.02. The Bertz CT molecular complexity index is 1620. The van der Waals surface area contributed by atoms with Crippen LogP contribution in [0.1, 0.15) is 41.3 Å². The number of H-pyrrole nitrogens is 2. The lowest BCUT2D eigenvalue weighted by molar-refractivity contribution is 0.0763. The van der Waals surface area contributed by atoms with Gasteiger partial charge in [0, 0.05) is 37.4 Å². The van der Waals surface area contributed by atoms with Gasteiger partial charge in [-0.3, -0.25) is 9.59 Å². The molecule has 6 rings (SSSR count). The second-order valence-electron chi connectivity index (χ2n) is 10.7. The maximum Gasteiger partial charge on any atom is 0.261 e. The average molecular weight is 545 g/mol. The number of methoxy groups -OCH3 is 1. The van der Waals surface area contributed by atoms with Gasteiger partial charge < -0.3 is 29.8 Å². The Labute approximate surface area is 231 Å². The maximum atomic E-state index is 13.9. The quantitative estimate of drug-likeness (QED) is 0.292. The number of ether oxygens (including phenoxy) is 1. The van der Waals surface area contributed by atoms with Gasteiger partial charge in [-0.15, -0.1) is 0 Å². The van der Waals surface area contributed by atoms with Crippen molar-refractivity contribution in [2.45, 2.75) is 38.8 Å². The third-order valence-corrected chi connectivity index (χ3v) is 7.84. The van der Waals surface area contributed by atoms with Gasteiger partial charge in [0.05, 0.1) is 23.8 Å². The summed E-state index contributed by atoms with van der Waals surface area (Å²) in [7, 11) is 1.56. The van der Waals surface area contributed by atoms with Crippen molar-refractivity contribution in [3.05, 3.63) is 75.5 Å². The molecular formula is C30H33FN6O3. The van der Waals surface area contributed by atoms with Crippen LogP contribution in [-0.2, 0) is 13.0 Å². The number of aromatic amines is 2. The van der Waals surface area contributed by atoms with E-state index >= 15 is 0 Å². The molecule has 9 nitrogen and oxygen atoms in total. The monoisotopic (exact) mass is 544 g/mol. The van der Waals surface area contributed by atoms with Gasteiger partial charge in [0.2, 0.25) is 0 Å². The van der Waals surface area contributed by atoms with Crippen LogP contribution in [0.25, 0.3) is 22.4 Å². The van der Waals surface area contributed by atoms with E-state index in [9.17, 15) is 14.0 Å². The van der Waals surface area contributed by atoms with Crippen LogP contribution in [0, 0.1) is 5.82 Å². The zero-order chi connectivity index (χ0) is 27.8. The second kappa shape index (κ2) is 10.8. The third kappa shape index (κ3) is 5.06. The van der Waals surface area contributed by atoms with E-state index in [2.05, 4.69) is 20.2 Å². The molecule has 0 bridgehead atoms. The van der Waals surface area contributed by atoms with Gasteiger partial charge in [0.15, 0.2) is 0 Å². The van der Waals surface area contributed by atoms with Gasteiger partial charge >= 0.3 is 0 Å². The van der Waals surface area contributed by atoms with Crippen molar-refractivity contribution in [1.82, 2.24) is 24.8 Å². The van der Waals surface area contributed by atoms with Gasteiger partial charge in [-0.1, -0.05) is 0 Å². The van der Waals surface area contributed by atoms with E-state index in [-0.39, 0.29) is 23.3 Å². The fourth-order valence-electron chi connectivity index (χ4n) is 5.83. The molecule has 40 heavy (non-hydrogen) atoms. The van der Waals surface area contributed by atoms with E-state index in [4.69, 9.17) is 9.72 Å². The van der Waals surface area contributed by atoms with Crippen molar-refractivity contribution >= 4 is 22.6 Å².